The van der Waals surface area contributed by atoms with Gasteiger partial charge in [0.1, 0.15) is 0 Å². The van der Waals surface area contributed by atoms with Crippen molar-refractivity contribution in [2.75, 3.05) is 13.2 Å². The van der Waals surface area contributed by atoms with E-state index in [4.69, 9.17) is 0 Å². The van der Waals surface area contributed by atoms with Crippen molar-refractivity contribution in [3.8, 4) is 0 Å². The van der Waals surface area contributed by atoms with Crippen LogP contribution in [-0.2, 0) is 29.2 Å². The first-order valence-corrected chi connectivity index (χ1v) is 35.2. The molecule has 0 bridgehead atoms. The van der Waals surface area contributed by atoms with Crippen LogP contribution < -0.4 is 0 Å². The summed E-state index contributed by atoms with van der Waals surface area (Å²) in [6.07, 6.45) is 76.2. The first kappa shape index (κ1) is 79.7. The molecule has 0 amide bonds. The second-order valence-corrected chi connectivity index (χ2v) is 24.6. The van der Waals surface area contributed by atoms with Gasteiger partial charge >= 0.3 is 37.7 Å². The Morgan fingerprint density at radius 2 is 0.467 bits per heavy atom. The van der Waals surface area contributed by atoms with Crippen LogP contribution in [0.5, 0.6) is 0 Å². The van der Waals surface area contributed by atoms with E-state index in [-0.39, 0.29) is 62.8 Å². The molecule has 0 aromatic rings. The summed E-state index contributed by atoms with van der Waals surface area (Å²) in [5.74, 6) is 0.0363. The van der Waals surface area contributed by atoms with Gasteiger partial charge in [-0.1, -0.05) is 347 Å². The first-order chi connectivity index (χ1) is 36.0. The number of hydrogen-bond acceptors (Lipinski definition) is 8. The van der Waals surface area contributed by atoms with Gasteiger partial charge in [0.15, 0.2) is 0 Å². The molecule has 0 heterocycles. The molecule has 0 aromatic carbocycles. The van der Waals surface area contributed by atoms with Crippen molar-refractivity contribution >= 4 is 58.5 Å². The fourth-order valence-electron chi connectivity index (χ4n) is 10.1. The monoisotopic (exact) mass is 1130 g/mol. The van der Waals surface area contributed by atoms with Gasteiger partial charge in [0.25, 0.3) is 0 Å². The molecule has 75 heavy (non-hydrogen) atoms. The second kappa shape index (κ2) is 65.3. The largest absolute Gasteiger partial charge is 2.00 e. The summed E-state index contributed by atoms with van der Waals surface area (Å²) in [6.45, 7) is 9.01. The van der Waals surface area contributed by atoms with E-state index < -0.39 is 20.8 Å². The normalized spacial score (nSPS) is 12.9. The van der Waals surface area contributed by atoms with Crippen LogP contribution in [0.15, 0.2) is 24.3 Å². The van der Waals surface area contributed by atoms with Crippen LogP contribution in [0.25, 0.3) is 0 Å². The zero-order chi connectivity index (χ0) is 54.6. The maximum absolute atomic E-state index is 10.9. The molecule has 2 atom stereocenters. The van der Waals surface area contributed by atoms with Crippen LogP contribution in [0, 0.1) is 11.8 Å². The van der Waals surface area contributed by atoms with Gasteiger partial charge in [0.05, 0.1) is 13.2 Å². The van der Waals surface area contributed by atoms with Crippen molar-refractivity contribution in [1.29, 1.82) is 0 Å². The summed E-state index contributed by atoms with van der Waals surface area (Å²) < 4.78 is 74.5. The van der Waals surface area contributed by atoms with Crippen LogP contribution in [0.4, 0.5) is 0 Å². The Bertz CT molecular complexity index is 1260. The average molecular weight is 1130 g/mol. The molecule has 2 unspecified atom stereocenters. The number of allylic oxidation sites excluding steroid dienone is 2. The number of hydrogen-bond donors (Lipinski definition) is 0. The minimum absolute atomic E-state index is 0. The zero-order valence-corrected chi connectivity index (χ0v) is 54.3. The molecule has 0 rings (SSSR count). The summed E-state index contributed by atoms with van der Waals surface area (Å²) in [5, 5.41) is 0. The Morgan fingerprint density at radius 3 is 0.653 bits per heavy atom. The van der Waals surface area contributed by atoms with E-state index in [1.165, 1.54) is 295 Å². The standard InChI is InChI=1S/2C32H64O4S.Ca/c2*1-3-5-7-9-11-13-14-15-16-17-18-19-20-22-24-26-28-30-32(31-36-37(33,34)35)29-27-25-23-21-12-10-8-6-4-2;/h2*28,30,32H,3-27,29,31H2,1-2H3,(H,33,34,35);/q;;+2/p-2/b2*30-28+;. The molecule has 0 aliphatic rings. The smallest absolute Gasteiger partial charge is 0.726 e. The first-order valence-electron chi connectivity index (χ1n) is 32.5. The molecule has 0 aromatic heterocycles. The Hall–Kier alpha value is 0.480. The van der Waals surface area contributed by atoms with Crippen LogP contribution in [0.1, 0.15) is 362 Å². The van der Waals surface area contributed by atoms with E-state index in [0.717, 1.165) is 38.5 Å². The average Bonchev–Trinajstić information content (AvgIpc) is 3.37. The number of rotatable bonds is 60. The van der Waals surface area contributed by atoms with E-state index >= 15 is 0 Å². The molecular formula is C64H126CaO8S2. The third-order valence-corrected chi connectivity index (χ3v) is 15.8. The van der Waals surface area contributed by atoms with Gasteiger partial charge in [-0.15, -0.1) is 0 Å². The summed E-state index contributed by atoms with van der Waals surface area (Å²) >= 11 is 0. The molecule has 0 aliphatic heterocycles. The molecule has 0 aliphatic carbocycles. The molecule has 11 heteroatoms. The Labute approximate surface area is 499 Å². The van der Waals surface area contributed by atoms with Crippen LogP contribution in [0.3, 0.4) is 0 Å². The maximum atomic E-state index is 10.9. The molecule has 0 saturated heterocycles. The minimum Gasteiger partial charge on any atom is -0.726 e. The van der Waals surface area contributed by atoms with E-state index in [2.05, 4.69) is 60.4 Å². The number of unbranched alkanes of at least 4 members (excludes halogenated alkanes) is 46. The van der Waals surface area contributed by atoms with E-state index in [1.807, 2.05) is 0 Å². The second-order valence-electron chi connectivity index (χ2n) is 22.5. The molecule has 0 N–H and O–H groups in total. The van der Waals surface area contributed by atoms with Crippen molar-refractivity contribution in [3.63, 3.8) is 0 Å². The fourth-order valence-corrected chi connectivity index (χ4v) is 10.8. The van der Waals surface area contributed by atoms with Gasteiger partial charge in [0.2, 0.25) is 20.8 Å². The Kier molecular flexibility index (Phi) is 69.4. The van der Waals surface area contributed by atoms with Crippen molar-refractivity contribution in [1.82, 2.24) is 0 Å². The molecule has 0 spiro atoms. The molecule has 0 fully saturated rings. The van der Waals surface area contributed by atoms with E-state index in [1.54, 1.807) is 0 Å². The molecule has 0 radical (unpaired) electrons. The van der Waals surface area contributed by atoms with Crippen LogP contribution >= 0.6 is 0 Å². The summed E-state index contributed by atoms with van der Waals surface area (Å²) in [6, 6.07) is 0. The van der Waals surface area contributed by atoms with Crippen molar-refractivity contribution in [2.24, 2.45) is 11.8 Å². The van der Waals surface area contributed by atoms with Crippen molar-refractivity contribution in [3.05, 3.63) is 24.3 Å². The third-order valence-electron chi connectivity index (χ3n) is 15.0. The van der Waals surface area contributed by atoms with Crippen molar-refractivity contribution < 1.29 is 34.3 Å². The zero-order valence-electron chi connectivity index (χ0n) is 50.4. The Balaban J connectivity index is -0.00000136. The minimum atomic E-state index is -4.62. The SMILES string of the molecule is CCCCCCCCCCCCCCCCC/C=C/C(CCCCCCCCCCC)COS(=O)(=O)[O-].CCCCCCCCCCCCCCCCC/C=C/C(CCCCCCCCCCC)COS(=O)(=O)[O-].[Ca+2]. The molecule has 444 valence electrons. The predicted octanol–water partition coefficient (Wildman–Crippen LogP) is 21.3. The van der Waals surface area contributed by atoms with Gasteiger partial charge < -0.3 is 9.11 Å². The van der Waals surface area contributed by atoms with Gasteiger partial charge in [0, 0.05) is 11.8 Å². The predicted molar refractivity (Wildman–Crippen MR) is 325 cm³/mol. The fraction of sp³-hybridized carbons (Fsp3) is 0.938. The van der Waals surface area contributed by atoms with Gasteiger partial charge in [-0.25, -0.2) is 16.8 Å². The van der Waals surface area contributed by atoms with Gasteiger partial charge in [-0.05, 0) is 38.5 Å². The topological polar surface area (TPSA) is 133 Å². The third kappa shape index (κ3) is 74.5. The van der Waals surface area contributed by atoms with E-state index in [9.17, 15) is 25.9 Å². The molecular weight excluding hydrogens is 1000 g/mol. The summed E-state index contributed by atoms with van der Waals surface area (Å²) in [4.78, 5) is 0. The maximum Gasteiger partial charge on any atom is 2.00 e. The molecule has 8 nitrogen and oxygen atoms in total. The quantitative estimate of drug-likeness (QED) is 0.0193. The van der Waals surface area contributed by atoms with Crippen molar-refractivity contribution in [2.45, 2.75) is 362 Å². The van der Waals surface area contributed by atoms with Gasteiger partial charge in [-0.2, -0.15) is 0 Å². The van der Waals surface area contributed by atoms with Crippen LogP contribution in [-0.4, -0.2) is 76.9 Å². The summed E-state index contributed by atoms with van der Waals surface area (Å²) in [7, 11) is -9.23. The van der Waals surface area contributed by atoms with Crippen LogP contribution in [0.2, 0.25) is 0 Å². The van der Waals surface area contributed by atoms with E-state index in [0.29, 0.717) is 0 Å². The van der Waals surface area contributed by atoms with Gasteiger partial charge in [-0.3, -0.25) is 8.37 Å². The molecule has 0 saturated carbocycles. The summed E-state index contributed by atoms with van der Waals surface area (Å²) in [5.41, 5.74) is 0. The Morgan fingerprint density at radius 1 is 0.293 bits per heavy atom.